The molecule has 2 nitrogen and oxygen atoms in total. The maximum atomic E-state index is 5.38. The van der Waals surface area contributed by atoms with E-state index in [2.05, 4.69) is 21.0 Å². The fraction of sp³-hybridized carbons (Fsp3) is 1.00. The summed E-state index contributed by atoms with van der Waals surface area (Å²) in [5.41, 5.74) is 5.38. The molecule has 0 aromatic rings. The fourth-order valence-electron chi connectivity index (χ4n) is 0.677. The second-order valence-corrected chi connectivity index (χ2v) is 3.12. The Morgan fingerprint density at radius 3 is 2.10 bits per heavy atom. The Morgan fingerprint density at radius 2 is 1.80 bits per heavy atom. The van der Waals surface area contributed by atoms with E-state index < -0.39 is 0 Å². The molecule has 0 saturated heterocycles. The lowest BCUT2D eigenvalue weighted by atomic mass is 10.3. The van der Waals surface area contributed by atoms with E-state index in [1.165, 1.54) is 13.1 Å². The highest BCUT2D eigenvalue weighted by atomic mass is 35.5. The fourth-order valence-corrected chi connectivity index (χ4v) is 0.677. The average molecular weight is 167 g/mol. The summed E-state index contributed by atoms with van der Waals surface area (Å²) in [6.07, 6.45) is 1.14. The number of hydrogen-bond donors (Lipinski definition) is 1. The van der Waals surface area contributed by atoms with Gasteiger partial charge >= 0.3 is 0 Å². The van der Waals surface area contributed by atoms with Crippen LogP contribution in [0.15, 0.2) is 0 Å². The van der Waals surface area contributed by atoms with Crippen LogP contribution in [0.4, 0.5) is 0 Å². The van der Waals surface area contributed by atoms with Crippen molar-refractivity contribution in [3.63, 3.8) is 0 Å². The molecule has 2 N–H and O–H groups in total. The van der Waals surface area contributed by atoms with Gasteiger partial charge in [0.05, 0.1) is 27.2 Å². The van der Waals surface area contributed by atoms with Gasteiger partial charge in [0, 0.05) is 6.42 Å². The van der Waals surface area contributed by atoms with Gasteiger partial charge in [0.25, 0.3) is 0 Å². The molecule has 0 rings (SSSR count). The molecule has 0 aliphatic heterocycles. The van der Waals surface area contributed by atoms with Crippen molar-refractivity contribution in [2.24, 2.45) is 5.73 Å². The molecule has 0 fully saturated rings. The highest BCUT2D eigenvalue weighted by molar-refractivity contribution is 4.35. The molecule has 0 aliphatic carbocycles. The van der Waals surface area contributed by atoms with Crippen molar-refractivity contribution >= 4 is 0 Å². The summed E-state index contributed by atoms with van der Waals surface area (Å²) < 4.78 is 1.09. The Balaban J connectivity index is 0. The van der Waals surface area contributed by atoms with Crippen molar-refractivity contribution in [3.8, 4) is 0 Å². The number of quaternary nitrogens is 1. The van der Waals surface area contributed by atoms with Gasteiger partial charge in [0.2, 0.25) is 0 Å². The third kappa shape index (κ3) is 6.33. The van der Waals surface area contributed by atoms with Gasteiger partial charge in [0.15, 0.2) is 0 Å². The second kappa shape index (κ2) is 5.96. The zero-order valence-corrected chi connectivity index (χ0v) is 7.99. The summed E-state index contributed by atoms with van der Waals surface area (Å²) in [6.45, 7) is 5.42. The average Bonchev–Trinajstić information content (AvgIpc) is 1.84. The SMILES string of the molecule is CC[N+](C)(C)CCCN.[Cl-]. The van der Waals surface area contributed by atoms with Crippen LogP contribution in [-0.4, -0.2) is 38.2 Å². The van der Waals surface area contributed by atoms with Gasteiger partial charge in [-0.1, -0.05) is 0 Å². The predicted octanol–water partition coefficient (Wildman–Crippen LogP) is -2.56. The largest absolute Gasteiger partial charge is 1.00 e. The van der Waals surface area contributed by atoms with Crippen molar-refractivity contribution in [2.75, 3.05) is 33.7 Å². The van der Waals surface area contributed by atoms with E-state index in [4.69, 9.17) is 5.73 Å². The standard InChI is InChI=1S/C7H19N2.ClH/c1-4-9(2,3)7-5-6-8;/h4-8H2,1-3H3;1H/q+1;/p-1. The number of nitrogens with zero attached hydrogens (tertiary/aromatic N) is 1. The smallest absolute Gasteiger partial charge is 0.0794 e. The van der Waals surface area contributed by atoms with Gasteiger partial charge in [-0.2, -0.15) is 0 Å². The molecule has 0 amide bonds. The minimum Gasteiger partial charge on any atom is -1.00 e. The minimum absolute atomic E-state index is 0. The molecule has 0 saturated carbocycles. The highest BCUT2D eigenvalue weighted by Gasteiger charge is 2.08. The molecule has 0 radical (unpaired) electrons. The summed E-state index contributed by atoms with van der Waals surface area (Å²) in [6, 6.07) is 0. The van der Waals surface area contributed by atoms with Gasteiger partial charge in [-0.05, 0) is 13.5 Å². The molecule has 3 heteroatoms. The van der Waals surface area contributed by atoms with E-state index in [1.54, 1.807) is 0 Å². The third-order valence-electron chi connectivity index (χ3n) is 1.82. The lowest BCUT2D eigenvalue weighted by Gasteiger charge is -2.27. The Labute approximate surface area is 70.4 Å². The van der Waals surface area contributed by atoms with Crippen LogP contribution in [0.3, 0.4) is 0 Å². The first-order valence-electron chi connectivity index (χ1n) is 3.64. The van der Waals surface area contributed by atoms with Crippen molar-refractivity contribution in [1.82, 2.24) is 0 Å². The first-order valence-corrected chi connectivity index (χ1v) is 3.64. The van der Waals surface area contributed by atoms with Gasteiger partial charge in [-0.3, -0.25) is 0 Å². The van der Waals surface area contributed by atoms with Crippen LogP contribution in [0.25, 0.3) is 0 Å². The third-order valence-corrected chi connectivity index (χ3v) is 1.82. The number of rotatable bonds is 4. The van der Waals surface area contributed by atoms with Gasteiger partial charge in [-0.15, -0.1) is 0 Å². The summed E-state index contributed by atoms with van der Waals surface area (Å²) in [5, 5.41) is 0. The molecule has 0 spiro atoms. The van der Waals surface area contributed by atoms with Gasteiger partial charge in [-0.25, -0.2) is 0 Å². The number of nitrogens with two attached hydrogens (primary N) is 1. The number of hydrogen-bond acceptors (Lipinski definition) is 1. The molecule has 0 aliphatic rings. The first kappa shape index (κ1) is 12.8. The van der Waals surface area contributed by atoms with Crippen LogP contribution in [-0.2, 0) is 0 Å². The summed E-state index contributed by atoms with van der Waals surface area (Å²) >= 11 is 0. The quantitative estimate of drug-likeness (QED) is 0.457. The predicted molar refractivity (Wildman–Crippen MR) is 41.2 cm³/mol. The molecule has 0 heterocycles. The highest BCUT2D eigenvalue weighted by Crippen LogP contribution is 1.95. The van der Waals surface area contributed by atoms with Gasteiger partial charge < -0.3 is 22.6 Å². The Bertz CT molecular complexity index is 74.0. The summed E-state index contributed by atoms with van der Waals surface area (Å²) in [4.78, 5) is 0. The maximum absolute atomic E-state index is 5.38. The zero-order valence-electron chi connectivity index (χ0n) is 7.23. The second-order valence-electron chi connectivity index (χ2n) is 3.12. The first-order chi connectivity index (χ1) is 4.12. The summed E-state index contributed by atoms with van der Waals surface area (Å²) in [5.74, 6) is 0. The Hall–Kier alpha value is 0.210. The Morgan fingerprint density at radius 1 is 1.30 bits per heavy atom. The molecular formula is C7H19ClN2. The Kier molecular flexibility index (Phi) is 7.65. The van der Waals surface area contributed by atoms with Crippen molar-refractivity contribution in [2.45, 2.75) is 13.3 Å². The molecule has 0 bridgehead atoms. The molecular weight excluding hydrogens is 148 g/mol. The van der Waals surface area contributed by atoms with Crippen LogP contribution in [0.2, 0.25) is 0 Å². The van der Waals surface area contributed by atoms with Crippen molar-refractivity contribution < 1.29 is 16.9 Å². The summed E-state index contributed by atoms with van der Waals surface area (Å²) in [7, 11) is 4.46. The van der Waals surface area contributed by atoms with Crippen LogP contribution < -0.4 is 18.1 Å². The topological polar surface area (TPSA) is 26.0 Å². The van der Waals surface area contributed by atoms with E-state index in [1.807, 2.05) is 0 Å². The van der Waals surface area contributed by atoms with E-state index in [-0.39, 0.29) is 12.4 Å². The van der Waals surface area contributed by atoms with Crippen LogP contribution in [0.1, 0.15) is 13.3 Å². The van der Waals surface area contributed by atoms with Gasteiger partial charge in [0.1, 0.15) is 0 Å². The minimum atomic E-state index is 0. The molecule has 0 unspecified atom stereocenters. The molecule has 64 valence electrons. The molecule has 0 aromatic carbocycles. The van der Waals surface area contributed by atoms with E-state index >= 15 is 0 Å². The van der Waals surface area contributed by atoms with E-state index in [0.29, 0.717) is 0 Å². The van der Waals surface area contributed by atoms with Crippen LogP contribution >= 0.6 is 0 Å². The van der Waals surface area contributed by atoms with Crippen molar-refractivity contribution in [3.05, 3.63) is 0 Å². The van der Waals surface area contributed by atoms with E-state index in [0.717, 1.165) is 17.4 Å². The maximum Gasteiger partial charge on any atom is 0.0794 e. The van der Waals surface area contributed by atoms with Crippen molar-refractivity contribution in [1.29, 1.82) is 0 Å². The molecule has 10 heavy (non-hydrogen) atoms. The lowest BCUT2D eigenvalue weighted by Crippen LogP contribution is -3.00. The van der Waals surface area contributed by atoms with Crippen LogP contribution in [0.5, 0.6) is 0 Å². The monoisotopic (exact) mass is 166 g/mol. The van der Waals surface area contributed by atoms with E-state index in [9.17, 15) is 0 Å². The normalized spacial score (nSPS) is 10.8. The lowest BCUT2D eigenvalue weighted by molar-refractivity contribution is -0.888. The molecule has 0 aromatic heterocycles. The van der Waals surface area contributed by atoms with Crippen LogP contribution in [0, 0.1) is 0 Å². The zero-order chi connectivity index (χ0) is 7.33. The molecule has 0 atom stereocenters. The number of halogens is 1.